The first kappa shape index (κ1) is 8.72. The predicted molar refractivity (Wildman–Crippen MR) is 66.0 cm³/mol. The van der Waals surface area contributed by atoms with Gasteiger partial charge in [-0.1, -0.05) is 55.0 Å². The second-order valence-corrected chi connectivity index (χ2v) is 4.40. The molecule has 1 aliphatic rings. The SMILES string of the molecule is CC1=Cc2ccc3ccccc3c2C1C. The van der Waals surface area contributed by atoms with Crippen LogP contribution in [0.3, 0.4) is 0 Å². The minimum atomic E-state index is 0.575. The predicted octanol–water partition coefficient (Wildman–Crippen LogP) is 4.36. The second kappa shape index (κ2) is 2.96. The molecule has 2 aromatic carbocycles. The van der Waals surface area contributed by atoms with Gasteiger partial charge in [0.2, 0.25) is 0 Å². The summed E-state index contributed by atoms with van der Waals surface area (Å²) in [6.07, 6.45) is 2.31. The normalized spacial score (nSPS) is 19.1. The Morgan fingerprint density at radius 1 is 1.00 bits per heavy atom. The van der Waals surface area contributed by atoms with Gasteiger partial charge >= 0.3 is 0 Å². The molecule has 0 fully saturated rings. The van der Waals surface area contributed by atoms with E-state index in [-0.39, 0.29) is 0 Å². The highest BCUT2D eigenvalue weighted by Gasteiger charge is 2.19. The van der Waals surface area contributed by atoms with E-state index < -0.39 is 0 Å². The Morgan fingerprint density at radius 3 is 2.67 bits per heavy atom. The maximum Gasteiger partial charge on any atom is 0.00324 e. The van der Waals surface area contributed by atoms with Crippen LogP contribution in [0.4, 0.5) is 0 Å². The molecule has 0 amide bonds. The lowest BCUT2D eigenvalue weighted by atomic mass is 9.93. The lowest BCUT2D eigenvalue weighted by Gasteiger charge is -2.11. The molecule has 2 aromatic rings. The Labute approximate surface area is 90.2 Å². The van der Waals surface area contributed by atoms with Crippen LogP contribution < -0.4 is 0 Å². The van der Waals surface area contributed by atoms with Crippen LogP contribution >= 0.6 is 0 Å². The molecule has 74 valence electrons. The molecule has 1 atom stereocenters. The van der Waals surface area contributed by atoms with Gasteiger partial charge in [-0.2, -0.15) is 0 Å². The van der Waals surface area contributed by atoms with Gasteiger partial charge in [-0.3, -0.25) is 0 Å². The number of hydrogen-bond acceptors (Lipinski definition) is 0. The molecule has 0 nitrogen and oxygen atoms in total. The Balaban J connectivity index is 2.40. The smallest absolute Gasteiger partial charge is 0.00324 e. The molecule has 0 heteroatoms. The summed E-state index contributed by atoms with van der Waals surface area (Å²) in [5, 5.41) is 2.77. The Hall–Kier alpha value is -1.56. The van der Waals surface area contributed by atoms with E-state index in [0.717, 1.165) is 0 Å². The fraction of sp³-hybridized carbons (Fsp3) is 0.200. The first-order valence-electron chi connectivity index (χ1n) is 5.47. The van der Waals surface area contributed by atoms with Crippen LogP contribution in [0, 0.1) is 0 Å². The average molecular weight is 194 g/mol. The van der Waals surface area contributed by atoms with Crippen molar-refractivity contribution >= 4 is 16.8 Å². The van der Waals surface area contributed by atoms with Crippen molar-refractivity contribution < 1.29 is 0 Å². The van der Waals surface area contributed by atoms with Crippen LogP contribution in [0.1, 0.15) is 30.9 Å². The molecule has 0 radical (unpaired) electrons. The zero-order valence-corrected chi connectivity index (χ0v) is 9.12. The number of hydrogen-bond donors (Lipinski definition) is 0. The summed E-state index contributed by atoms with van der Waals surface area (Å²) >= 11 is 0. The van der Waals surface area contributed by atoms with Gasteiger partial charge in [0, 0.05) is 5.92 Å². The van der Waals surface area contributed by atoms with Crippen molar-refractivity contribution in [3.8, 4) is 0 Å². The third-order valence-electron chi connectivity index (χ3n) is 3.50. The Kier molecular flexibility index (Phi) is 1.72. The fourth-order valence-electron chi connectivity index (χ4n) is 2.52. The van der Waals surface area contributed by atoms with Crippen LogP contribution in [-0.4, -0.2) is 0 Å². The number of fused-ring (bicyclic) bond motifs is 3. The summed E-state index contributed by atoms with van der Waals surface area (Å²) in [7, 11) is 0. The summed E-state index contributed by atoms with van der Waals surface area (Å²) in [5.41, 5.74) is 4.38. The number of allylic oxidation sites excluding steroid dienone is 1. The van der Waals surface area contributed by atoms with E-state index in [4.69, 9.17) is 0 Å². The third kappa shape index (κ3) is 1.14. The maximum atomic E-state index is 2.31. The average Bonchev–Trinajstić information content (AvgIpc) is 2.55. The van der Waals surface area contributed by atoms with Crippen molar-refractivity contribution in [1.82, 2.24) is 0 Å². The van der Waals surface area contributed by atoms with Crippen molar-refractivity contribution in [2.75, 3.05) is 0 Å². The standard InChI is InChI=1S/C15H14/c1-10-9-13-8-7-12-5-3-4-6-14(12)15(13)11(10)2/h3-9,11H,1-2H3. The zero-order chi connectivity index (χ0) is 10.4. The topological polar surface area (TPSA) is 0 Å². The van der Waals surface area contributed by atoms with Crippen LogP contribution in [0.5, 0.6) is 0 Å². The van der Waals surface area contributed by atoms with E-state index >= 15 is 0 Å². The van der Waals surface area contributed by atoms with Gasteiger partial charge < -0.3 is 0 Å². The quantitative estimate of drug-likeness (QED) is 0.584. The molecular weight excluding hydrogens is 180 g/mol. The Bertz CT molecular complexity index is 561. The van der Waals surface area contributed by atoms with Crippen LogP contribution in [-0.2, 0) is 0 Å². The van der Waals surface area contributed by atoms with E-state index in [2.05, 4.69) is 56.3 Å². The highest BCUT2D eigenvalue weighted by molar-refractivity contribution is 5.91. The molecule has 0 spiro atoms. The molecule has 0 aliphatic heterocycles. The van der Waals surface area contributed by atoms with E-state index in [1.165, 1.54) is 27.5 Å². The Morgan fingerprint density at radius 2 is 1.80 bits per heavy atom. The van der Waals surface area contributed by atoms with Gasteiger partial charge in [-0.25, -0.2) is 0 Å². The largest absolute Gasteiger partial charge is 0.0655 e. The highest BCUT2D eigenvalue weighted by atomic mass is 14.2. The molecule has 0 saturated carbocycles. The first-order chi connectivity index (χ1) is 7.27. The fourth-order valence-corrected chi connectivity index (χ4v) is 2.52. The van der Waals surface area contributed by atoms with E-state index in [1.54, 1.807) is 0 Å². The van der Waals surface area contributed by atoms with Crippen LogP contribution in [0.15, 0.2) is 42.0 Å². The molecule has 0 saturated heterocycles. The van der Waals surface area contributed by atoms with Gasteiger partial charge in [-0.05, 0) is 28.8 Å². The molecule has 15 heavy (non-hydrogen) atoms. The summed E-state index contributed by atoms with van der Waals surface area (Å²) in [5.74, 6) is 0.575. The van der Waals surface area contributed by atoms with Gasteiger partial charge in [0.15, 0.2) is 0 Å². The monoisotopic (exact) mass is 194 g/mol. The summed E-state index contributed by atoms with van der Waals surface area (Å²) < 4.78 is 0. The third-order valence-corrected chi connectivity index (χ3v) is 3.50. The van der Waals surface area contributed by atoms with Gasteiger partial charge in [0.1, 0.15) is 0 Å². The summed E-state index contributed by atoms with van der Waals surface area (Å²) in [4.78, 5) is 0. The number of benzene rings is 2. The van der Waals surface area contributed by atoms with Crippen LogP contribution in [0.25, 0.3) is 16.8 Å². The van der Waals surface area contributed by atoms with E-state index in [1.807, 2.05) is 0 Å². The lowest BCUT2D eigenvalue weighted by Crippen LogP contribution is -1.92. The zero-order valence-electron chi connectivity index (χ0n) is 9.12. The molecule has 0 aromatic heterocycles. The molecule has 0 heterocycles. The highest BCUT2D eigenvalue weighted by Crippen LogP contribution is 2.39. The lowest BCUT2D eigenvalue weighted by molar-refractivity contribution is 0.931. The van der Waals surface area contributed by atoms with E-state index in [0.29, 0.717) is 5.92 Å². The van der Waals surface area contributed by atoms with Crippen molar-refractivity contribution in [3.05, 3.63) is 53.1 Å². The molecular formula is C15H14. The molecule has 0 bridgehead atoms. The van der Waals surface area contributed by atoms with Gasteiger partial charge in [0.25, 0.3) is 0 Å². The molecule has 1 unspecified atom stereocenters. The number of rotatable bonds is 0. The molecule has 1 aliphatic carbocycles. The maximum absolute atomic E-state index is 2.31. The van der Waals surface area contributed by atoms with Gasteiger partial charge in [0.05, 0.1) is 0 Å². The summed E-state index contributed by atoms with van der Waals surface area (Å²) in [6.45, 7) is 4.52. The van der Waals surface area contributed by atoms with Crippen molar-refractivity contribution in [2.24, 2.45) is 0 Å². The van der Waals surface area contributed by atoms with Crippen LogP contribution in [0.2, 0.25) is 0 Å². The van der Waals surface area contributed by atoms with Crippen molar-refractivity contribution in [2.45, 2.75) is 19.8 Å². The molecule has 0 N–H and O–H groups in total. The minimum Gasteiger partial charge on any atom is -0.0655 e. The molecule has 3 rings (SSSR count). The van der Waals surface area contributed by atoms with E-state index in [9.17, 15) is 0 Å². The second-order valence-electron chi connectivity index (χ2n) is 4.40. The van der Waals surface area contributed by atoms with Gasteiger partial charge in [-0.15, -0.1) is 0 Å². The first-order valence-corrected chi connectivity index (χ1v) is 5.47. The van der Waals surface area contributed by atoms with Crippen molar-refractivity contribution in [3.63, 3.8) is 0 Å². The van der Waals surface area contributed by atoms with Crippen molar-refractivity contribution in [1.29, 1.82) is 0 Å². The minimum absolute atomic E-state index is 0.575. The summed E-state index contributed by atoms with van der Waals surface area (Å²) in [6, 6.07) is 13.1.